The molecule has 0 aromatic heterocycles. The lowest BCUT2D eigenvalue weighted by molar-refractivity contribution is -0.186. The minimum atomic E-state index is -0.508. The molecule has 1 fully saturated rings. The summed E-state index contributed by atoms with van der Waals surface area (Å²) in [5, 5.41) is 0.962. The second kappa shape index (κ2) is 11.2. The second-order valence-corrected chi connectivity index (χ2v) is 4.64. The zero-order valence-electron chi connectivity index (χ0n) is 15.1. The third-order valence-corrected chi connectivity index (χ3v) is 3.13. The molecule has 0 aromatic carbocycles. The van der Waals surface area contributed by atoms with Gasteiger partial charge in [0.05, 0.1) is 5.70 Å². The van der Waals surface area contributed by atoms with Crippen molar-refractivity contribution in [2.45, 2.75) is 53.4 Å². The van der Waals surface area contributed by atoms with Crippen LogP contribution in [0.15, 0.2) is 36.7 Å². The largest absolute Gasteiger partial charge is 0.334 e. The molecule has 0 aliphatic carbocycles. The van der Waals surface area contributed by atoms with Crippen molar-refractivity contribution in [2.75, 3.05) is 6.54 Å². The maximum atomic E-state index is 11.6. The number of carbonyl (C=O) groups excluding carboxylic acids is 3. The Morgan fingerprint density at radius 1 is 1.12 bits per heavy atom. The topological polar surface area (TPSA) is 66.9 Å². The molecule has 0 N–H and O–H groups in total. The van der Waals surface area contributed by atoms with Crippen LogP contribution in [0.25, 0.3) is 0 Å². The highest BCUT2D eigenvalue weighted by molar-refractivity contribution is 5.93. The predicted molar refractivity (Wildman–Crippen MR) is 93.2 cm³/mol. The maximum Gasteiger partial charge on any atom is 0.333 e. The Bertz CT molecular complexity index is 489. The summed E-state index contributed by atoms with van der Waals surface area (Å²) in [6.45, 7) is 15.8. The minimum absolute atomic E-state index is 0.119. The van der Waals surface area contributed by atoms with Crippen LogP contribution >= 0.6 is 0 Å². The molecule has 0 radical (unpaired) electrons. The van der Waals surface area contributed by atoms with Gasteiger partial charge in [-0.05, 0) is 18.9 Å². The van der Waals surface area contributed by atoms with E-state index in [0.29, 0.717) is 37.2 Å². The van der Waals surface area contributed by atoms with Crippen molar-refractivity contribution in [2.24, 2.45) is 0 Å². The van der Waals surface area contributed by atoms with Crippen molar-refractivity contribution in [3.8, 4) is 0 Å². The molecule has 134 valence electrons. The fourth-order valence-electron chi connectivity index (χ4n) is 2.02. The van der Waals surface area contributed by atoms with Gasteiger partial charge in [-0.15, -0.1) is 5.06 Å². The predicted octanol–water partition coefficient (Wildman–Crippen LogP) is 3.33. The number of carbonyl (C=O) groups is 3. The highest BCUT2D eigenvalue weighted by Crippen LogP contribution is 2.21. The zero-order chi connectivity index (χ0) is 18.7. The quantitative estimate of drug-likeness (QED) is 0.772. The van der Waals surface area contributed by atoms with Crippen LogP contribution in [-0.2, 0) is 19.2 Å². The van der Waals surface area contributed by atoms with Crippen LogP contribution in [0.2, 0.25) is 0 Å². The number of rotatable bonds is 5. The third-order valence-electron chi connectivity index (χ3n) is 3.13. The standard InChI is InChI=1S/C14H16N2O4.2C2H6/c1-10-5-7-12(17)15(10)9-3-4-14(19)20-16-11(2)6-8-13(16)18;2*1-2/h5,7H,1-4,6,8-9H2;2*1-2H3. The average Bonchev–Trinajstić information content (AvgIpc) is 3.08. The van der Waals surface area contributed by atoms with Gasteiger partial charge in [0.25, 0.3) is 11.8 Å². The van der Waals surface area contributed by atoms with Gasteiger partial charge in [-0.3, -0.25) is 9.59 Å². The van der Waals surface area contributed by atoms with Crippen LogP contribution in [-0.4, -0.2) is 34.3 Å². The van der Waals surface area contributed by atoms with Crippen LogP contribution < -0.4 is 0 Å². The molecule has 0 bridgehead atoms. The van der Waals surface area contributed by atoms with Gasteiger partial charge in [-0.1, -0.05) is 40.9 Å². The van der Waals surface area contributed by atoms with Crippen LogP contribution in [0, 0.1) is 0 Å². The first-order chi connectivity index (χ1) is 11.5. The smallest absolute Gasteiger partial charge is 0.333 e. The molecular formula is C18H28N2O4. The van der Waals surface area contributed by atoms with Gasteiger partial charge in [0.1, 0.15) is 0 Å². The summed E-state index contributed by atoms with van der Waals surface area (Å²) in [4.78, 5) is 40.9. The van der Waals surface area contributed by atoms with Gasteiger partial charge >= 0.3 is 5.97 Å². The van der Waals surface area contributed by atoms with E-state index >= 15 is 0 Å². The lowest BCUT2D eigenvalue weighted by atomic mass is 10.3. The Labute approximate surface area is 144 Å². The van der Waals surface area contributed by atoms with E-state index in [-0.39, 0.29) is 18.2 Å². The van der Waals surface area contributed by atoms with E-state index in [4.69, 9.17) is 4.84 Å². The van der Waals surface area contributed by atoms with Crippen LogP contribution in [0.4, 0.5) is 0 Å². The molecule has 0 atom stereocenters. The lowest BCUT2D eigenvalue weighted by Crippen LogP contribution is -2.28. The Kier molecular flexibility index (Phi) is 10.1. The van der Waals surface area contributed by atoms with Crippen molar-refractivity contribution >= 4 is 17.8 Å². The third kappa shape index (κ3) is 6.02. The molecule has 2 aliphatic heterocycles. The van der Waals surface area contributed by atoms with Crippen molar-refractivity contribution < 1.29 is 19.2 Å². The van der Waals surface area contributed by atoms with Crippen molar-refractivity contribution in [3.05, 3.63) is 36.7 Å². The van der Waals surface area contributed by atoms with Crippen molar-refractivity contribution in [3.63, 3.8) is 0 Å². The van der Waals surface area contributed by atoms with Crippen molar-refractivity contribution in [1.82, 2.24) is 9.96 Å². The lowest BCUT2D eigenvalue weighted by Gasteiger charge is -2.18. The summed E-state index contributed by atoms with van der Waals surface area (Å²) in [7, 11) is 0. The van der Waals surface area contributed by atoms with Crippen LogP contribution in [0.3, 0.4) is 0 Å². The Balaban J connectivity index is 0.00000123. The number of hydrogen-bond acceptors (Lipinski definition) is 4. The zero-order valence-corrected chi connectivity index (χ0v) is 15.1. The summed E-state index contributed by atoms with van der Waals surface area (Å²) in [5.74, 6) is -0.895. The van der Waals surface area contributed by atoms with Gasteiger partial charge in [-0.25, -0.2) is 4.79 Å². The molecule has 0 saturated carbocycles. The Morgan fingerprint density at radius 3 is 2.21 bits per heavy atom. The molecule has 2 heterocycles. The van der Waals surface area contributed by atoms with Gasteiger partial charge < -0.3 is 9.74 Å². The molecule has 0 aromatic rings. The van der Waals surface area contributed by atoms with E-state index in [9.17, 15) is 14.4 Å². The first kappa shape index (κ1) is 21.6. The van der Waals surface area contributed by atoms with E-state index in [1.807, 2.05) is 27.7 Å². The first-order valence-corrected chi connectivity index (χ1v) is 8.39. The first-order valence-electron chi connectivity index (χ1n) is 8.39. The number of allylic oxidation sites excluding steroid dienone is 2. The highest BCUT2D eigenvalue weighted by atomic mass is 16.7. The van der Waals surface area contributed by atoms with E-state index in [1.165, 1.54) is 11.0 Å². The maximum absolute atomic E-state index is 11.6. The molecule has 2 rings (SSSR count). The van der Waals surface area contributed by atoms with E-state index in [0.717, 1.165) is 5.06 Å². The number of hydrogen-bond donors (Lipinski definition) is 0. The van der Waals surface area contributed by atoms with Gasteiger partial charge in [0.2, 0.25) is 0 Å². The van der Waals surface area contributed by atoms with Crippen molar-refractivity contribution in [1.29, 1.82) is 0 Å². The number of amides is 2. The van der Waals surface area contributed by atoms with E-state index in [2.05, 4.69) is 13.2 Å². The summed E-state index contributed by atoms with van der Waals surface area (Å²) in [6, 6.07) is 0. The van der Waals surface area contributed by atoms with Gasteiger partial charge in [0.15, 0.2) is 0 Å². The molecule has 2 aliphatic rings. The normalized spacial score (nSPS) is 15.8. The number of nitrogens with zero attached hydrogens (tertiary/aromatic N) is 2. The van der Waals surface area contributed by atoms with Gasteiger partial charge in [-0.2, -0.15) is 0 Å². The SMILES string of the molecule is C=C1C=CC(=O)N1CCCC(=O)ON1C(=C)CCC1=O.CC.CC. The Hall–Kier alpha value is -2.37. The molecule has 2 amide bonds. The van der Waals surface area contributed by atoms with E-state index < -0.39 is 5.97 Å². The summed E-state index contributed by atoms with van der Waals surface area (Å²) in [5.41, 5.74) is 1.11. The minimum Gasteiger partial charge on any atom is -0.334 e. The fourth-order valence-corrected chi connectivity index (χ4v) is 2.02. The van der Waals surface area contributed by atoms with Crippen LogP contribution in [0.5, 0.6) is 0 Å². The van der Waals surface area contributed by atoms with E-state index in [1.54, 1.807) is 6.08 Å². The molecule has 1 saturated heterocycles. The Morgan fingerprint density at radius 2 is 1.75 bits per heavy atom. The monoisotopic (exact) mass is 336 g/mol. The molecule has 6 heteroatoms. The molecular weight excluding hydrogens is 308 g/mol. The highest BCUT2D eigenvalue weighted by Gasteiger charge is 2.28. The molecule has 0 unspecified atom stereocenters. The average molecular weight is 336 g/mol. The molecule has 0 spiro atoms. The van der Waals surface area contributed by atoms with Crippen LogP contribution in [0.1, 0.15) is 53.4 Å². The number of hydroxylamine groups is 2. The summed E-state index contributed by atoms with van der Waals surface area (Å²) >= 11 is 0. The summed E-state index contributed by atoms with van der Waals surface area (Å²) in [6.07, 6.45) is 4.47. The molecule has 24 heavy (non-hydrogen) atoms. The fraction of sp³-hybridized carbons (Fsp3) is 0.500. The van der Waals surface area contributed by atoms with Gasteiger partial charge in [0, 0.05) is 31.2 Å². The molecule has 6 nitrogen and oxygen atoms in total. The second-order valence-electron chi connectivity index (χ2n) is 4.64. The summed E-state index contributed by atoms with van der Waals surface area (Å²) < 4.78 is 0.